The SMILES string of the molecule is CC(C(=O)O)c1ccc([N+](=O)[O-])cc1.CCCCCCCCCCCCCCCCC(C(=O)O)c1ccc([N+](=O)[O-])cc1. The average Bonchev–Trinajstić information content (AvgIpc) is 2.99. The van der Waals surface area contributed by atoms with Crippen molar-refractivity contribution in [3.63, 3.8) is 0 Å². The molecule has 0 aliphatic carbocycles. The van der Waals surface area contributed by atoms with Gasteiger partial charge in [0.15, 0.2) is 0 Å². The average molecular weight is 601 g/mol. The molecule has 2 aromatic carbocycles. The van der Waals surface area contributed by atoms with Crippen LogP contribution in [0.4, 0.5) is 11.4 Å². The Morgan fingerprint density at radius 3 is 1.28 bits per heavy atom. The van der Waals surface area contributed by atoms with Crippen LogP contribution in [0.2, 0.25) is 0 Å². The fourth-order valence-corrected chi connectivity index (χ4v) is 4.83. The van der Waals surface area contributed by atoms with Crippen LogP contribution >= 0.6 is 0 Å². The highest BCUT2D eigenvalue weighted by Gasteiger charge is 2.20. The lowest BCUT2D eigenvalue weighted by Gasteiger charge is -2.12. The van der Waals surface area contributed by atoms with E-state index >= 15 is 0 Å². The predicted octanol–water partition coefficient (Wildman–Crippen LogP) is 9.42. The van der Waals surface area contributed by atoms with Crippen molar-refractivity contribution in [1.29, 1.82) is 0 Å². The maximum atomic E-state index is 11.5. The molecule has 2 atom stereocenters. The summed E-state index contributed by atoms with van der Waals surface area (Å²) in [5.41, 5.74) is 1.17. The highest BCUT2D eigenvalue weighted by molar-refractivity contribution is 5.76. The van der Waals surface area contributed by atoms with Gasteiger partial charge in [0.1, 0.15) is 0 Å². The lowest BCUT2D eigenvalue weighted by molar-refractivity contribution is -0.385. The predicted molar refractivity (Wildman–Crippen MR) is 168 cm³/mol. The van der Waals surface area contributed by atoms with E-state index in [4.69, 9.17) is 5.11 Å². The van der Waals surface area contributed by atoms with Crippen LogP contribution in [0.1, 0.15) is 133 Å². The Balaban J connectivity index is 0.000000549. The second kappa shape index (κ2) is 21.8. The Kier molecular flexibility index (Phi) is 18.9. The first-order valence-electron chi connectivity index (χ1n) is 15.5. The van der Waals surface area contributed by atoms with Crippen molar-refractivity contribution in [2.75, 3.05) is 0 Å². The number of nitro groups is 2. The van der Waals surface area contributed by atoms with Gasteiger partial charge in [0.25, 0.3) is 11.4 Å². The fourth-order valence-electron chi connectivity index (χ4n) is 4.83. The maximum Gasteiger partial charge on any atom is 0.310 e. The second-order valence-corrected chi connectivity index (χ2v) is 11.0. The molecular weight excluding hydrogens is 552 g/mol. The molecule has 0 saturated carbocycles. The molecule has 2 rings (SSSR count). The molecule has 0 amide bonds. The van der Waals surface area contributed by atoms with Crippen LogP contribution < -0.4 is 0 Å². The minimum atomic E-state index is -0.946. The molecule has 238 valence electrons. The summed E-state index contributed by atoms with van der Waals surface area (Å²) >= 11 is 0. The van der Waals surface area contributed by atoms with Gasteiger partial charge >= 0.3 is 11.9 Å². The van der Waals surface area contributed by atoms with E-state index < -0.39 is 33.6 Å². The topological polar surface area (TPSA) is 161 Å². The number of non-ortho nitro benzene ring substituents is 2. The minimum absolute atomic E-state index is 0.00520. The van der Waals surface area contributed by atoms with Gasteiger partial charge in [0.05, 0.1) is 21.7 Å². The minimum Gasteiger partial charge on any atom is -0.481 e. The molecule has 0 saturated heterocycles. The molecule has 2 aromatic rings. The summed E-state index contributed by atoms with van der Waals surface area (Å²) in [5, 5.41) is 39.2. The second-order valence-electron chi connectivity index (χ2n) is 11.0. The van der Waals surface area contributed by atoms with Crippen LogP contribution in [-0.2, 0) is 9.59 Å². The third kappa shape index (κ3) is 15.8. The summed E-state index contributed by atoms with van der Waals surface area (Å²) in [6.45, 7) is 3.78. The number of carbonyl (C=O) groups is 2. The van der Waals surface area contributed by atoms with Gasteiger partial charge in [-0.2, -0.15) is 0 Å². The molecule has 0 aromatic heterocycles. The van der Waals surface area contributed by atoms with Crippen LogP contribution in [0.25, 0.3) is 0 Å². The number of carboxylic acids is 2. The van der Waals surface area contributed by atoms with Gasteiger partial charge in [0.2, 0.25) is 0 Å². The van der Waals surface area contributed by atoms with Crippen LogP contribution in [0.5, 0.6) is 0 Å². The molecule has 0 bridgehead atoms. The first kappa shape index (κ1) is 37.2. The lowest BCUT2D eigenvalue weighted by Crippen LogP contribution is -2.11. The molecule has 0 aliphatic heterocycles. The summed E-state index contributed by atoms with van der Waals surface area (Å²) < 4.78 is 0. The van der Waals surface area contributed by atoms with E-state index in [-0.39, 0.29) is 11.4 Å². The van der Waals surface area contributed by atoms with Gasteiger partial charge in [-0.05, 0) is 24.5 Å². The van der Waals surface area contributed by atoms with E-state index in [2.05, 4.69) is 6.92 Å². The van der Waals surface area contributed by atoms with Gasteiger partial charge < -0.3 is 10.2 Å². The lowest BCUT2D eigenvalue weighted by atomic mass is 9.92. The van der Waals surface area contributed by atoms with Gasteiger partial charge in [-0.3, -0.25) is 29.8 Å². The van der Waals surface area contributed by atoms with Gasteiger partial charge in [-0.25, -0.2) is 0 Å². The van der Waals surface area contributed by atoms with Crippen molar-refractivity contribution in [3.8, 4) is 0 Å². The summed E-state index contributed by atoms with van der Waals surface area (Å²) in [5.74, 6) is -3.02. The van der Waals surface area contributed by atoms with Crippen molar-refractivity contribution < 1.29 is 29.6 Å². The summed E-state index contributed by atoms with van der Waals surface area (Å²) in [6, 6.07) is 11.4. The van der Waals surface area contributed by atoms with Crippen molar-refractivity contribution in [3.05, 3.63) is 79.9 Å². The molecule has 0 spiro atoms. The van der Waals surface area contributed by atoms with E-state index in [1.54, 1.807) is 12.1 Å². The Labute approximate surface area is 254 Å². The van der Waals surface area contributed by atoms with Gasteiger partial charge in [-0.15, -0.1) is 0 Å². The molecule has 10 nitrogen and oxygen atoms in total. The third-order valence-electron chi connectivity index (χ3n) is 7.63. The number of nitro benzene ring substituents is 2. The van der Waals surface area contributed by atoms with E-state index in [9.17, 15) is 34.9 Å². The number of unbranched alkanes of at least 4 members (excludes halogenated alkanes) is 13. The van der Waals surface area contributed by atoms with Crippen molar-refractivity contribution >= 4 is 23.3 Å². The van der Waals surface area contributed by atoms with Crippen molar-refractivity contribution in [2.24, 2.45) is 0 Å². The number of hydrogen-bond acceptors (Lipinski definition) is 6. The zero-order valence-corrected chi connectivity index (χ0v) is 25.6. The Morgan fingerprint density at radius 2 is 0.953 bits per heavy atom. The first-order valence-corrected chi connectivity index (χ1v) is 15.5. The Morgan fingerprint density at radius 1 is 0.605 bits per heavy atom. The Bertz CT molecular complexity index is 1100. The molecule has 2 unspecified atom stereocenters. The summed E-state index contributed by atoms with van der Waals surface area (Å²) in [6.07, 6.45) is 18.4. The van der Waals surface area contributed by atoms with Crippen LogP contribution in [0.15, 0.2) is 48.5 Å². The highest BCUT2D eigenvalue weighted by atomic mass is 16.6. The van der Waals surface area contributed by atoms with E-state index in [1.807, 2.05) is 0 Å². The number of benzene rings is 2. The van der Waals surface area contributed by atoms with E-state index in [1.165, 1.54) is 114 Å². The third-order valence-corrected chi connectivity index (χ3v) is 7.63. The molecule has 10 heteroatoms. The number of rotatable bonds is 21. The van der Waals surface area contributed by atoms with Crippen LogP contribution in [0.3, 0.4) is 0 Å². The van der Waals surface area contributed by atoms with Gasteiger partial charge in [0, 0.05) is 24.3 Å². The highest BCUT2D eigenvalue weighted by Crippen LogP contribution is 2.25. The monoisotopic (exact) mass is 600 g/mol. The maximum absolute atomic E-state index is 11.5. The van der Waals surface area contributed by atoms with Crippen LogP contribution in [-0.4, -0.2) is 32.0 Å². The molecule has 43 heavy (non-hydrogen) atoms. The largest absolute Gasteiger partial charge is 0.481 e. The number of nitrogens with zero attached hydrogens (tertiary/aromatic N) is 2. The number of aliphatic carboxylic acids is 2. The van der Waals surface area contributed by atoms with Crippen molar-refractivity contribution in [1.82, 2.24) is 0 Å². The quantitative estimate of drug-likeness (QED) is 0.0813. The van der Waals surface area contributed by atoms with Gasteiger partial charge in [-0.1, -0.05) is 121 Å². The standard InChI is InChI=1S/C24H39NO4.C9H9NO4/c1-2-3-4-5-6-7-8-9-10-11-12-13-14-15-16-23(24(26)27)21-17-19-22(20-18-21)25(28)29;1-6(9(11)12)7-2-4-8(5-3-7)10(13)14/h17-20,23H,2-16H2,1H3,(H,26,27);2-6H,1H3,(H,11,12). The Hall–Kier alpha value is -3.82. The molecule has 0 radical (unpaired) electrons. The fraction of sp³-hybridized carbons (Fsp3) is 0.576. The zero-order chi connectivity index (χ0) is 32.0. The first-order chi connectivity index (χ1) is 20.6. The zero-order valence-electron chi connectivity index (χ0n) is 25.6. The van der Waals surface area contributed by atoms with E-state index in [0.717, 1.165) is 19.3 Å². The van der Waals surface area contributed by atoms with Crippen molar-refractivity contribution in [2.45, 2.75) is 122 Å². The molecule has 0 aliphatic rings. The summed E-state index contributed by atoms with van der Waals surface area (Å²) in [7, 11) is 0. The molecule has 2 N–H and O–H groups in total. The van der Waals surface area contributed by atoms with Crippen LogP contribution in [0, 0.1) is 20.2 Å². The molecule has 0 fully saturated rings. The smallest absolute Gasteiger partial charge is 0.310 e. The number of carboxylic acid groups (broad SMARTS) is 2. The number of hydrogen-bond donors (Lipinski definition) is 2. The molecular formula is C33H48N2O8. The summed E-state index contributed by atoms with van der Waals surface area (Å²) in [4.78, 5) is 42.2. The van der Waals surface area contributed by atoms with E-state index in [0.29, 0.717) is 17.5 Å². The normalized spacial score (nSPS) is 12.0. The molecule has 0 heterocycles.